The zero-order valence-electron chi connectivity index (χ0n) is 13.7. The monoisotopic (exact) mass is 317 g/mol. The van der Waals surface area contributed by atoms with Gasteiger partial charge in [0.1, 0.15) is 6.42 Å². The van der Waals surface area contributed by atoms with Crippen molar-refractivity contribution in [2.75, 3.05) is 38.0 Å². The highest BCUT2D eigenvalue weighted by atomic mass is 16.2. The maximum absolute atomic E-state index is 12.1. The van der Waals surface area contributed by atoms with Gasteiger partial charge in [0, 0.05) is 37.4 Å². The molecular formula is C17H23N3O3. The Morgan fingerprint density at radius 1 is 1.04 bits per heavy atom. The van der Waals surface area contributed by atoms with Crippen molar-refractivity contribution in [3.8, 4) is 0 Å². The fourth-order valence-electron chi connectivity index (χ4n) is 2.56. The van der Waals surface area contributed by atoms with Crippen LogP contribution in [0.4, 0.5) is 5.69 Å². The van der Waals surface area contributed by atoms with Gasteiger partial charge in [0.25, 0.3) is 0 Å². The SMILES string of the molecule is CCN1CCN(C(=O)CC(=O)Nc2ccc(C(C)=O)cc2)CC1. The quantitative estimate of drug-likeness (QED) is 0.658. The topological polar surface area (TPSA) is 69.7 Å². The molecule has 1 aromatic rings. The van der Waals surface area contributed by atoms with Crippen LogP contribution in [0.2, 0.25) is 0 Å². The fraction of sp³-hybridized carbons (Fsp3) is 0.471. The van der Waals surface area contributed by atoms with Gasteiger partial charge in [0.15, 0.2) is 5.78 Å². The summed E-state index contributed by atoms with van der Waals surface area (Å²) in [6.07, 6.45) is -0.152. The fourth-order valence-corrected chi connectivity index (χ4v) is 2.56. The molecule has 0 unspecified atom stereocenters. The molecule has 1 N–H and O–H groups in total. The van der Waals surface area contributed by atoms with E-state index in [1.807, 2.05) is 0 Å². The second-order valence-electron chi connectivity index (χ2n) is 5.67. The molecule has 1 fully saturated rings. The van der Waals surface area contributed by atoms with Gasteiger partial charge in [-0.1, -0.05) is 6.92 Å². The third-order valence-corrected chi connectivity index (χ3v) is 4.06. The Bertz CT molecular complexity index is 575. The summed E-state index contributed by atoms with van der Waals surface area (Å²) in [6, 6.07) is 6.64. The van der Waals surface area contributed by atoms with Gasteiger partial charge in [-0.05, 0) is 37.7 Å². The summed E-state index contributed by atoms with van der Waals surface area (Å²) in [7, 11) is 0. The van der Waals surface area contributed by atoms with Crippen LogP contribution in [0, 0.1) is 0 Å². The van der Waals surface area contributed by atoms with Gasteiger partial charge in [0.05, 0.1) is 0 Å². The van der Waals surface area contributed by atoms with Crippen LogP contribution < -0.4 is 5.32 Å². The van der Waals surface area contributed by atoms with Gasteiger partial charge in [-0.2, -0.15) is 0 Å². The summed E-state index contributed by atoms with van der Waals surface area (Å²) in [4.78, 5) is 39.3. The number of amides is 2. The Morgan fingerprint density at radius 2 is 1.65 bits per heavy atom. The smallest absolute Gasteiger partial charge is 0.233 e. The van der Waals surface area contributed by atoms with Crippen LogP contribution in [0.15, 0.2) is 24.3 Å². The lowest BCUT2D eigenvalue weighted by molar-refractivity contribution is -0.136. The predicted molar refractivity (Wildman–Crippen MR) is 88.4 cm³/mol. The van der Waals surface area contributed by atoms with Crippen molar-refractivity contribution in [3.05, 3.63) is 29.8 Å². The molecule has 1 heterocycles. The van der Waals surface area contributed by atoms with Crippen molar-refractivity contribution < 1.29 is 14.4 Å². The molecule has 1 aliphatic rings. The number of benzene rings is 1. The Balaban J connectivity index is 1.82. The van der Waals surface area contributed by atoms with E-state index in [-0.39, 0.29) is 24.0 Å². The van der Waals surface area contributed by atoms with Crippen LogP contribution in [0.5, 0.6) is 0 Å². The summed E-state index contributed by atoms with van der Waals surface area (Å²) in [5.41, 5.74) is 1.18. The van der Waals surface area contributed by atoms with Crippen LogP contribution in [-0.4, -0.2) is 60.1 Å². The molecule has 1 aliphatic heterocycles. The van der Waals surface area contributed by atoms with E-state index in [1.165, 1.54) is 6.92 Å². The Labute approximate surface area is 136 Å². The average molecular weight is 317 g/mol. The van der Waals surface area contributed by atoms with Crippen molar-refractivity contribution in [2.24, 2.45) is 0 Å². The van der Waals surface area contributed by atoms with Crippen molar-refractivity contribution in [1.82, 2.24) is 9.80 Å². The number of ketones is 1. The Morgan fingerprint density at radius 3 is 2.17 bits per heavy atom. The highest BCUT2D eigenvalue weighted by Gasteiger charge is 2.22. The maximum atomic E-state index is 12.1. The van der Waals surface area contributed by atoms with Crippen LogP contribution in [0.25, 0.3) is 0 Å². The molecular weight excluding hydrogens is 294 g/mol. The Hall–Kier alpha value is -2.21. The van der Waals surface area contributed by atoms with Gasteiger partial charge in [0.2, 0.25) is 11.8 Å². The summed E-state index contributed by atoms with van der Waals surface area (Å²) in [5.74, 6) is -0.494. The molecule has 1 aromatic carbocycles. The number of rotatable bonds is 5. The highest BCUT2D eigenvalue weighted by molar-refractivity contribution is 6.03. The van der Waals surface area contributed by atoms with Gasteiger partial charge in [-0.3, -0.25) is 14.4 Å². The van der Waals surface area contributed by atoms with E-state index in [1.54, 1.807) is 29.2 Å². The van der Waals surface area contributed by atoms with Gasteiger partial charge in [-0.25, -0.2) is 0 Å². The molecule has 0 saturated carbocycles. The lowest BCUT2D eigenvalue weighted by Crippen LogP contribution is -2.49. The zero-order valence-corrected chi connectivity index (χ0v) is 13.7. The zero-order chi connectivity index (χ0) is 16.8. The number of carbonyl (C=O) groups excluding carboxylic acids is 3. The number of hydrogen-bond acceptors (Lipinski definition) is 4. The van der Waals surface area contributed by atoms with E-state index >= 15 is 0 Å². The van der Waals surface area contributed by atoms with Gasteiger partial charge in [-0.15, -0.1) is 0 Å². The molecule has 0 aromatic heterocycles. The third kappa shape index (κ3) is 4.89. The number of carbonyl (C=O) groups is 3. The first-order chi connectivity index (χ1) is 11.0. The number of anilines is 1. The molecule has 0 atom stereocenters. The van der Waals surface area contributed by atoms with Crippen molar-refractivity contribution in [2.45, 2.75) is 20.3 Å². The molecule has 0 bridgehead atoms. The molecule has 1 saturated heterocycles. The van der Waals surface area contributed by atoms with Crippen molar-refractivity contribution >= 4 is 23.3 Å². The Kier molecular flexibility index (Phi) is 5.87. The molecule has 6 heteroatoms. The highest BCUT2D eigenvalue weighted by Crippen LogP contribution is 2.11. The number of nitrogens with one attached hydrogen (secondary N) is 1. The normalized spacial score (nSPS) is 15.3. The molecule has 124 valence electrons. The van der Waals surface area contributed by atoms with Crippen LogP contribution in [0.1, 0.15) is 30.6 Å². The summed E-state index contributed by atoms with van der Waals surface area (Å²) in [6.45, 7) is 7.64. The summed E-state index contributed by atoms with van der Waals surface area (Å²) < 4.78 is 0. The lowest BCUT2D eigenvalue weighted by Gasteiger charge is -2.33. The molecule has 6 nitrogen and oxygen atoms in total. The second-order valence-corrected chi connectivity index (χ2v) is 5.67. The number of nitrogens with zero attached hydrogens (tertiary/aromatic N) is 2. The predicted octanol–water partition coefficient (Wildman–Crippen LogP) is 1.38. The van der Waals surface area contributed by atoms with Crippen LogP contribution in [0.3, 0.4) is 0 Å². The first-order valence-electron chi connectivity index (χ1n) is 7.90. The largest absolute Gasteiger partial charge is 0.340 e. The summed E-state index contributed by atoms with van der Waals surface area (Å²) in [5, 5.41) is 2.69. The first kappa shape index (κ1) is 17.1. The molecule has 2 rings (SSSR count). The maximum Gasteiger partial charge on any atom is 0.233 e. The minimum absolute atomic E-state index is 0.0238. The van der Waals surface area contributed by atoms with E-state index in [4.69, 9.17) is 0 Å². The standard InChI is InChI=1S/C17H23N3O3/c1-3-19-8-10-20(11-9-19)17(23)12-16(22)18-15-6-4-14(5-7-15)13(2)21/h4-7H,3,8-12H2,1-2H3,(H,18,22). The minimum atomic E-state index is -0.330. The average Bonchev–Trinajstić information content (AvgIpc) is 2.55. The van der Waals surface area contributed by atoms with Gasteiger partial charge >= 0.3 is 0 Å². The first-order valence-corrected chi connectivity index (χ1v) is 7.90. The van der Waals surface area contributed by atoms with Gasteiger partial charge < -0.3 is 15.1 Å². The van der Waals surface area contributed by atoms with E-state index in [0.717, 1.165) is 19.6 Å². The van der Waals surface area contributed by atoms with E-state index in [2.05, 4.69) is 17.1 Å². The van der Waals surface area contributed by atoms with Crippen LogP contribution >= 0.6 is 0 Å². The van der Waals surface area contributed by atoms with E-state index < -0.39 is 0 Å². The van der Waals surface area contributed by atoms with Crippen molar-refractivity contribution in [3.63, 3.8) is 0 Å². The molecule has 0 spiro atoms. The number of Topliss-reactive ketones (excluding diaryl/α,β-unsaturated/α-hetero) is 1. The lowest BCUT2D eigenvalue weighted by atomic mass is 10.1. The minimum Gasteiger partial charge on any atom is -0.340 e. The summed E-state index contributed by atoms with van der Waals surface area (Å²) >= 11 is 0. The van der Waals surface area contributed by atoms with E-state index in [0.29, 0.717) is 24.3 Å². The number of piperazine rings is 1. The molecule has 0 aliphatic carbocycles. The van der Waals surface area contributed by atoms with Crippen molar-refractivity contribution in [1.29, 1.82) is 0 Å². The number of hydrogen-bond donors (Lipinski definition) is 1. The molecule has 0 radical (unpaired) electrons. The molecule has 23 heavy (non-hydrogen) atoms. The number of likely N-dealkylation sites (N-methyl/N-ethyl adjacent to an activating group) is 1. The molecule has 2 amide bonds. The second kappa shape index (κ2) is 7.87. The van der Waals surface area contributed by atoms with Crippen LogP contribution in [-0.2, 0) is 9.59 Å². The van der Waals surface area contributed by atoms with E-state index in [9.17, 15) is 14.4 Å². The third-order valence-electron chi connectivity index (χ3n) is 4.06.